The van der Waals surface area contributed by atoms with Gasteiger partial charge in [0.25, 0.3) is 0 Å². The molecule has 1 aliphatic rings. The number of aliphatic imine (C=N–C) groups is 1. The lowest BCUT2D eigenvalue weighted by molar-refractivity contribution is -0.180. The topological polar surface area (TPSA) is 74.2 Å². The molecule has 1 aliphatic heterocycles. The molecule has 1 heterocycles. The van der Waals surface area contributed by atoms with E-state index in [0.717, 1.165) is 0 Å². The minimum absolute atomic E-state index is 0. The molecule has 0 saturated carbocycles. The number of aliphatic carboxylic acids is 1. The van der Waals surface area contributed by atoms with Gasteiger partial charge in [0.2, 0.25) is 5.96 Å². The second kappa shape index (κ2) is 8.43. The highest BCUT2D eigenvalue weighted by Crippen LogP contribution is 2.30. The number of nitrogens with one attached hydrogen (secondary N) is 1. The van der Waals surface area contributed by atoms with Crippen molar-refractivity contribution in [3.05, 3.63) is 28.2 Å². The lowest BCUT2D eigenvalue weighted by atomic mass is 10.3. The number of hydroxylamine groups is 2. The summed E-state index contributed by atoms with van der Waals surface area (Å²) in [5, 5.41) is 14.3. The number of hydrogen-bond donors (Lipinski definition) is 2. The summed E-state index contributed by atoms with van der Waals surface area (Å²) < 4.78 is 0. The van der Waals surface area contributed by atoms with Crippen LogP contribution in [0.3, 0.4) is 0 Å². The highest BCUT2D eigenvalue weighted by molar-refractivity contribution is 6.39. The van der Waals surface area contributed by atoms with Crippen molar-refractivity contribution in [3.8, 4) is 0 Å². The summed E-state index contributed by atoms with van der Waals surface area (Å²) in [6.07, 6.45) is -0.566. The third-order valence-corrected chi connectivity index (χ3v) is 3.53. The maximum Gasteiger partial charge on any atom is 0.335 e. The number of carbonyl (C=O) groups is 1. The van der Waals surface area contributed by atoms with Gasteiger partial charge in [-0.2, -0.15) is 0 Å². The molecule has 0 fully saturated rings. The molecule has 0 aliphatic carbocycles. The number of anilines is 1. The first-order valence-corrected chi connectivity index (χ1v) is 7.21. The fourth-order valence-corrected chi connectivity index (χ4v) is 2.30. The number of halogens is 3. The van der Waals surface area contributed by atoms with Gasteiger partial charge >= 0.3 is 5.97 Å². The van der Waals surface area contributed by atoms with Gasteiger partial charge < -0.3 is 10.4 Å². The Morgan fingerprint density at radius 2 is 2.14 bits per heavy atom. The average Bonchev–Trinajstić information content (AvgIpc) is 2.87. The number of carboxylic acids is 1. The SMILES string of the molecule is CCC(ON1CCN=C1Nc1c(Cl)cccc1Cl)C(=O)O.Cl. The van der Waals surface area contributed by atoms with E-state index in [9.17, 15) is 4.79 Å². The lowest BCUT2D eigenvalue weighted by Crippen LogP contribution is -2.39. The fraction of sp³-hybridized carbons (Fsp3) is 0.385. The third-order valence-electron chi connectivity index (χ3n) is 2.90. The monoisotopic (exact) mass is 367 g/mol. The molecule has 1 aromatic rings. The molecule has 122 valence electrons. The van der Waals surface area contributed by atoms with Crippen LogP contribution >= 0.6 is 35.6 Å². The zero-order chi connectivity index (χ0) is 15.4. The smallest absolute Gasteiger partial charge is 0.335 e. The molecule has 0 amide bonds. The largest absolute Gasteiger partial charge is 0.479 e. The molecule has 0 aromatic heterocycles. The highest BCUT2D eigenvalue weighted by Gasteiger charge is 2.26. The molecular formula is C13H16Cl3N3O3. The Hall–Kier alpha value is -1.21. The van der Waals surface area contributed by atoms with E-state index in [1.807, 2.05) is 0 Å². The predicted molar refractivity (Wildman–Crippen MR) is 89.1 cm³/mol. The van der Waals surface area contributed by atoms with Gasteiger partial charge in [0, 0.05) is 0 Å². The fourth-order valence-electron chi connectivity index (χ4n) is 1.81. The van der Waals surface area contributed by atoms with Crippen LogP contribution in [0.5, 0.6) is 0 Å². The molecule has 2 N–H and O–H groups in total. The van der Waals surface area contributed by atoms with Gasteiger partial charge in [0.15, 0.2) is 6.10 Å². The van der Waals surface area contributed by atoms with Crippen LogP contribution in [0.4, 0.5) is 5.69 Å². The Morgan fingerprint density at radius 3 is 2.68 bits per heavy atom. The number of benzene rings is 1. The van der Waals surface area contributed by atoms with Crippen molar-refractivity contribution in [2.45, 2.75) is 19.4 Å². The van der Waals surface area contributed by atoms with E-state index in [2.05, 4.69) is 10.3 Å². The Bertz CT molecular complexity index is 548. The van der Waals surface area contributed by atoms with E-state index in [4.69, 9.17) is 33.1 Å². The van der Waals surface area contributed by atoms with Crippen molar-refractivity contribution >= 4 is 53.2 Å². The van der Waals surface area contributed by atoms with Crippen LogP contribution in [0, 0.1) is 0 Å². The second-order valence-corrected chi connectivity index (χ2v) is 5.18. The van der Waals surface area contributed by atoms with Crippen LogP contribution in [0.15, 0.2) is 23.2 Å². The Morgan fingerprint density at radius 1 is 1.50 bits per heavy atom. The van der Waals surface area contributed by atoms with E-state index in [-0.39, 0.29) is 12.4 Å². The highest BCUT2D eigenvalue weighted by atomic mass is 35.5. The molecule has 1 unspecified atom stereocenters. The zero-order valence-electron chi connectivity index (χ0n) is 11.8. The van der Waals surface area contributed by atoms with Gasteiger partial charge in [0.1, 0.15) is 0 Å². The molecule has 22 heavy (non-hydrogen) atoms. The first kappa shape index (κ1) is 18.8. The maximum atomic E-state index is 11.0. The molecule has 0 bridgehead atoms. The summed E-state index contributed by atoms with van der Waals surface area (Å²) in [5.41, 5.74) is 0.512. The van der Waals surface area contributed by atoms with E-state index < -0.39 is 12.1 Å². The summed E-state index contributed by atoms with van der Waals surface area (Å²) in [6, 6.07) is 5.13. The molecule has 1 aromatic carbocycles. The lowest BCUT2D eigenvalue weighted by Gasteiger charge is -2.24. The molecule has 2 rings (SSSR count). The van der Waals surface area contributed by atoms with Crippen LogP contribution in [-0.2, 0) is 9.63 Å². The standard InChI is InChI=1S/C13H15Cl2N3O3.ClH/c1-2-10(12(19)20)21-18-7-6-16-13(18)17-11-8(14)4-3-5-9(11)15;/h3-5,10H,2,6-7H2,1H3,(H,16,17)(H,19,20);1H. The van der Waals surface area contributed by atoms with Crippen LogP contribution in [0.1, 0.15) is 13.3 Å². The summed E-state index contributed by atoms with van der Waals surface area (Å²) >= 11 is 12.2. The number of rotatable bonds is 5. The number of carboxylic acid groups (broad SMARTS) is 1. The Balaban J connectivity index is 0.00000242. The van der Waals surface area contributed by atoms with Crippen LogP contribution in [0.2, 0.25) is 10.0 Å². The molecule has 0 spiro atoms. The minimum Gasteiger partial charge on any atom is -0.479 e. The number of para-hydroxylation sites is 1. The molecule has 6 nitrogen and oxygen atoms in total. The van der Waals surface area contributed by atoms with Crippen LogP contribution in [0.25, 0.3) is 0 Å². The summed E-state index contributed by atoms with van der Waals surface area (Å²) in [4.78, 5) is 20.7. The minimum atomic E-state index is -1.01. The molecule has 1 atom stereocenters. The molecular weight excluding hydrogens is 353 g/mol. The zero-order valence-corrected chi connectivity index (χ0v) is 14.1. The normalized spacial score (nSPS) is 15.0. The summed E-state index contributed by atoms with van der Waals surface area (Å²) in [6.45, 7) is 2.71. The van der Waals surface area contributed by atoms with E-state index >= 15 is 0 Å². The summed E-state index contributed by atoms with van der Waals surface area (Å²) in [7, 11) is 0. The number of guanidine groups is 1. The van der Waals surface area contributed by atoms with Crippen molar-refractivity contribution in [2.24, 2.45) is 4.99 Å². The Labute approximate surface area is 144 Å². The van der Waals surface area contributed by atoms with Crippen molar-refractivity contribution in [3.63, 3.8) is 0 Å². The second-order valence-electron chi connectivity index (χ2n) is 4.37. The maximum absolute atomic E-state index is 11.0. The van der Waals surface area contributed by atoms with Crippen molar-refractivity contribution in [1.29, 1.82) is 0 Å². The molecule has 0 radical (unpaired) electrons. The van der Waals surface area contributed by atoms with Crippen LogP contribution < -0.4 is 5.32 Å². The average molecular weight is 369 g/mol. The van der Waals surface area contributed by atoms with Crippen LogP contribution in [-0.4, -0.2) is 41.3 Å². The van der Waals surface area contributed by atoms with Gasteiger partial charge in [-0.1, -0.05) is 36.2 Å². The van der Waals surface area contributed by atoms with Crippen molar-refractivity contribution < 1.29 is 14.7 Å². The van der Waals surface area contributed by atoms with E-state index in [1.54, 1.807) is 25.1 Å². The van der Waals surface area contributed by atoms with Crippen molar-refractivity contribution in [1.82, 2.24) is 5.06 Å². The van der Waals surface area contributed by atoms with E-state index in [1.165, 1.54) is 5.06 Å². The first-order chi connectivity index (χ1) is 10.0. The number of hydrogen-bond acceptors (Lipinski definition) is 5. The van der Waals surface area contributed by atoms with Gasteiger partial charge in [-0.3, -0.25) is 4.84 Å². The van der Waals surface area contributed by atoms with Crippen molar-refractivity contribution in [2.75, 3.05) is 18.4 Å². The van der Waals surface area contributed by atoms with Gasteiger partial charge in [-0.15, -0.1) is 12.4 Å². The third kappa shape index (κ3) is 4.39. The van der Waals surface area contributed by atoms with Gasteiger partial charge in [-0.05, 0) is 18.6 Å². The molecule has 0 saturated heterocycles. The van der Waals surface area contributed by atoms with Gasteiger partial charge in [0.05, 0.1) is 28.8 Å². The molecule has 9 heteroatoms. The van der Waals surface area contributed by atoms with Gasteiger partial charge in [-0.25, -0.2) is 14.9 Å². The summed E-state index contributed by atoms with van der Waals surface area (Å²) in [5.74, 6) is -0.621. The predicted octanol–water partition coefficient (Wildman–Crippen LogP) is 3.29. The van der Waals surface area contributed by atoms with E-state index in [0.29, 0.717) is 41.2 Å². The Kier molecular flexibility index (Phi) is 7.22. The quantitative estimate of drug-likeness (QED) is 0.834. The first-order valence-electron chi connectivity index (χ1n) is 6.45. The number of nitrogens with zero attached hydrogens (tertiary/aromatic N) is 2.